The van der Waals surface area contributed by atoms with Crippen LogP contribution in [0.5, 0.6) is 0 Å². The number of anilines is 1. The van der Waals surface area contributed by atoms with Crippen LogP contribution < -0.4 is 16.2 Å². The van der Waals surface area contributed by atoms with Crippen LogP contribution in [-0.2, 0) is 16.4 Å². The molecule has 2 fully saturated rings. The van der Waals surface area contributed by atoms with Crippen molar-refractivity contribution in [3.05, 3.63) is 74.6 Å². The topological polar surface area (TPSA) is 168 Å². The van der Waals surface area contributed by atoms with Crippen LogP contribution in [0.3, 0.4) is 0 Å². The van der Waals surface area contributed by atoms with Gasteiger partial charge in [0.25, 0.3) is 17.4 Å². The van der Waals surface area contributed by atoms with Crippen LogP contribution in [0.25, 0.3) is 32.2 Å². The number of pyridine rings is 2. The number of likely N-dealkylation sites (tertiary alicyclic amines) is 1. The van der Waals surface area contributed by atoms with Gasteiger partial charge in [0, 0.05) is 79.2 Å². The van der Waals surface area contributed by atoms with Crippen molar-refractivity contribution in [3.8, 4) is 29.0 Å². The number of hydrogen-bond acceptors (Lipinski definition) is 11. The van der Waals surface area contributed by atoms with Crippen LogP contribution in [0, 0.1) is 30.1 Å². The van der Waals surface area contributed by atoms with E-state index in [4.69, 9.17) is 17.3 Å². The Morgan fingerprint density at radius 2 is 1.91 bits per heavy atom. The van der Waals surface area contributed by atoms with Crippen LogP contribution in [-0.4, -0.2) is 83.1 Å². The molecule has 2 aliphatic rings. The average Bonchev–Trinajstić information content (AvgIpc) is 3.53. The van der Waals surface area contributed by atoms with Crippen molar-refractivity contribution in [1.82, 2.24) is 24.4 Å². The lowest BCUT2D eigenvalue weighted by atomic mass is 9.85. The summed E-state index contributed by atoms with van der Waals surface area (Å²) in [4.78, 5) is 43.8. The number of rotatable bonds is 7. The zero-order valence-electron chi connectivity index (χ0n) is 29.4. The van der Waals surface area contributed by atoms with Crippen LogP contribution in [0.15, 0.2) is 45.7 Å². The Morgan fingerprint density at radius 1 is 1.19 bits per heavy atom. The normalized spacial score (nSPS) is 16.5. The SMILES string of the molecule is Cc1nc2cnc(N(C)C3CCN(C4CC(F)(F)C4)CC3)c(C#N)c2c(=O)n1CC#Cc1ccc(Cl)cc1-c1ccnc2c(C(N)=O)c(S(C)(=O)=O)sc12. The molecular formula is C37H33ClF2N8O4S2. The molecule has 0 bridgehead atoms. The molecule has 1 aliphatic heterocycles. The highest BCUT2D eigenvalue weighted by Crippen LogP contribution is 2.42. The Kier molecular flexibility index (Phi) is 9.68. The molecule has 1 saturated heterocycles. The monoisotopic (exact) mass is 790 g/mol. The minimum Gasteiger partial charge on any atom is -0.365 e. The van der Waals surface area contributed by atoms with E-state index in [9.17, 15) is 32.0 Å². The Bertz CT molecular complexity index is 2650. The number of carbonyl (C=O) groups is 1. The predicted octanol–water partition coefficient (Wildman–Crippen LogP) is 5.15. The first-order valence-corrected chi connectivity index (χ1v) is 20.0. The molecule has 12 nitrogen and oxygen atoms in total. The molecule has 7 rings (SSSR count). The summed E-state index contributed by atoms with van der Waals surface area (Å²) in [5.41, 5.74) is 7.05. The number of benzene rings is 1. The number of nitrogens with zero attached hydrogens (tertiary/aromatic N) is 7. The molecule has 2 N–H and O–H groups in total. The second kappa shape index (κ2) is 14.0. The fourth-order valence-corrected chi connectivity index (χ4v) is 9.91. The molecule has 4 aromatic heterocycles. The molecule has 0 unspecified atom stereocenters. The molecule has 1 aliphatic carbocycles. The van der Waals surface area contributed by atoms with E-state index in [0.29, 0.717) is 64.0 Å². The summed E-state index contributed by atoms with van der Waals surface area (Å²) in [6.45, 7) is 2.89. The molecule has 278 valence electrons. The summed E-state index contributed by atoms with van der Waals surface area (Å²) < 4.78 is 53.7. The number of nitriles is 1. The number of fused-ring (bicyclic) bond motifs is 2. The molecule has 54 heavy (non-hydrogen) atoms. The van der Waals surface area contributed by atoms with Gasteiger partial charge in [-0.15, -0.1) is 11.3 Å². The van der Waals surface area contributed by atoms with Gasteiger partial charge in [0.05, 0.1) is 39.4 Å². The minimum absolute atomic E-state index is 0.00453. The van der Waals surface area contributed by atoms with Crippen molar-refractivity contribution < 1.29 is 22.0 Å². The number of piperidine rings is 1. The molecule has 5 aromatic rings. The number of amides is 1. The van der Waals surface area contributed by atoms with Crippen LogP contribution in [0.2, 0.25) is 5.02 Å². The number of thiophene rings is 1. The van der Waals surface area contributed by atoms with Gasteiger partial charge in [0.15, 0.2) is 9.84 Å². The van der Waals surface area contributed by atoms with Gasteiger partial charge < -0.3 is 10.6 Å². The van der Waals surface area contributed by atoms with Crippen molar-refractivity contribution in [2.45, 2.75) is 61.4 Å². The van der Waals surface area contributed by atoms with Crippen molar-refractivity contribution in [1.29, 1.82) is 5.26 Å². The van der Waals surface area contributed by atoms with E-state index >= 15 is 0 Å². The molecule has 5 heterocycles. The Labute approximate surface area is 318 Å². The summed E-state index contributed by atoms with van der Waals surface area (Å²) in [5, 5.41) is 10.8. The first-order valence-electron chi connectivity index (χ1n) is 16.9. The number of nitrogens with two attached hydrogens (primary N) is 1. The largest absolute Gasteiger partial charge is 0.365 e. The second-order valence-corrected chi connectivity index (χ2v) is 17.3. The van der Waals surface area contributed by atoms with Gasteiger partial charge >= 0.3 is 0 Å². The van der Waals surface area contributed by atoms with Gasteiger partial charge in [-0.1, -0.05) is 23.4 Å². The van der Waals surface area contributed by atoms with Crippen LogP contribution >= 0.6 is 22.9 Å². The predicted molar refractivity (Wildman–Crippen MR) is 203 cm³/mol. The highest BCUT2D eigenvalue weighted by Gasteiger charge is 2.48. The first-order chi connectivity index (χ1) is 25.6. The number of aryl methyl sites for hydroxylation is 1. The van der Waals surface area contributed by atoms with Crippen molar-refractivity contribution >= 4 is 65.6 Å². The Balaban J connectivity index is 1.21. The number of carbonyl (C=O) groups excluding carboxylic acids is 1. The average molecular weight is 791 g/mol. The summed E-state index contributed by atoms with van der Waals surface area (Å²) in [7, 11) is -1.99. The molecule has 1 saturated carbocycles. The number of sulfone groups is 1. The second-order valence-electron chi connectivity index (χ2n) is 13.6. The van der Waals surface area contributed by atoms with Gasteiger partial charge in [-0.2, -0.15) is 5.26 Å². The lowest BCUT2D eigenvalue weighted by Crippen LogP contribution is -2.55. The zero-order chi connectivity index (χ0) is 38.7. The van der Waals surface area contributed by atoms with Crippen molar-refractivity contribution in [3.63, 3.8) is 0 Å². The smallest absolute Gasteiger partial charge is 0.263 e. The molecule has 0 atom stereocenters. The third-order valence-electron chi connectivity index (χ3n) is 10.1. The van der Waals surface area contributed by atoms with E-state index in [1.54, 1.807) is 31.2 Å². The number of primary amides is 1. The summed E-state index contributed by atoms with van der Waals surface area (Å²) in [5.74, 6) is 3.35. The Morgan fingerprint density at radius 3 is 2.56 bits per heavy atom. The Hall–Kier alpha value is -5.00. The molecule has 1 amide bonds. The van der Waals surface area contributed by atoms with Crippen molar-refractivity contribution in [2.24, 2.45) is 5.73 Å². The maximum atomic E-state index is 14.1. The number of hydrogen-bond donors (Lipinski definition) is 1. The third-order valence-corrected chi connectivity index (χ3v) is 13.4. The van der Waals surface area contributed by atoms with Gasteiger partial charge in [-0.25, -0.2) is 27.2 Å². The van der Waals surface area contributed by atoms with E-state index in [1.807, 2.05) is 11.9 Å². The van der Waals surface area contributed by atoms with Gasteiger partial charge in [0.1, 0.15) is 27.5 Å². The number of alkyl halides is 2. The van der Waals surface area contributed by atoms with E-state index in [-0.39, 0.29) is 63.2 Å². The standard InChI is InChI=1S/C37H33ClF2N8O4S2/c1-20-45-28-19-44-34(46(2)23-9-13-47(14-10-23)24-16-37(39,40)17-24)27(18-41)29(28)35(50)48(20)12-4-5-21-6-7-22(38)15-26(21)25-8-11-43-31-30(33(42)49)36(53-32(25)31)54(3,51)52/h6-8,11,15,19,23-24H,9-10,12-14,16-17H2,1-3H3,(H2,42,49). The zero-order valence-corrected chi connectivity index (χ0v) is 31.7. The minimum atomic E-state index is -3.82. The lowest BCUT2D eigenvalue weighted by Gasteiger charge is -2.46. The van der Waals surface area contributed by atoms with E-state index in [1.165, 1.54) is 17.0 Å². The summed E-state index contributed by atoms with van der Waals surface area (Å²) in [6.07, 6.45) is 5.10. The summed E-state index contributed by atoms with van der Waals surface area (Å²) >= 11 is 7.29. The highest BCUT2D eigenvalue weighted by atomic mass is 35.5. The summed E-state index contributed by atoms with van der Waals surface area (Å²) in [6, 6.07) is 8.74. The first kappa shape index (κ1) is 37.3. The van der Waals surface area contributed by atoms with Gasteiger partial charge in [-0.05, 0) is 44.0 Å². The molecule has 0 spiro atoms. The maximum Gasteiger partial charge on any atom is 0.263 e. The van der Waals surface area contributed by atoms with Crippen LogP contribution in [0.1, 0.15) is 53.0 Å². The molecule has 0 radical (unpaired) electrons. The van der Waals surface area contributed by atoms with Gasteiger partial charge in [-0.3, -0.25) is 24.0 Å². The van der Waals surface area contributed by atoms with Crippen LogP contribution in [0.4, 0.5) is 14.6 Å². The lowest BCUT2D eigenvalue weighted by molar-refractivity contribution is -0.127. The van der Waals surface area contributed by atoms with E-state index < -0.39 is 27.2 Å². The van der Waals surface area contributed by atoms with E-state index in [0.717, 1.165) is 17.6 Å². The van der Waals surface area contributed by atoms with E-state index in [2.05, 4.69) is 37.8 Å². The number of aromatic nitrogens is 4. The number of halogens is 3. The van der Waals surface area contributed by atoms with Crippen molar-refractivity contribution in [2.75, 3.05) is 31.3 Å². The fraction of sp³-hybridized carbons (Fsp3) is 0.351. The fourth-order valence-electron chi connectivity index (χ4n) is 7.29. The quantitative estimate of drug-likeness (QED) is 0.218. The maximum absolute atomic E-state index is 14.1. The molecular weight excluding hydrogens is 758 g/mol. The highest BCUT2D eigenvalue weighted by molar-refractivity contribution is 7.93. The molecule has 17 heteroatoms. The molecule has 1 aromatic carbocycles. The van der Waals surface area contributed by atoms with Gasteiger partial charge in [0.2, 0.25) is 0 Å². The third kappa shape index (κ3) is 6.79.